The summed E-state index contributed by atoms with van der Waals surface area (Å²) in [5.41, 5.74) is 0.459. The van der Waals surface area contributed by atoms with Crippen LogP contribution < -0.4 is 5.32 Å². The summed E-state index contributed by atoms with van der Waals surface area (Å²) in [6, 6.07) is 4.76. The summed E-state index contributed by atoms with van der Waals surface area (Å²) in [6.07, 6.45) is 8.49. The van der Waals surface area contributed by atoms with Gasteiger partial charge in [0.15, 0.2) is 0 Å². The maximum Gasteiger partial charge on any atom is 0.133 e. The molecule has 0 aliphatic heterocycles. The van der Waals surface area contributed by atoms with Crippen molar-refractivity contribution in [3.05, 3.63) is 40.2 Å². The first kappa shape index (κ1) is 15.9. The molecule has 2 nitrogen and oxygen atoms in total. The Bertz CT molecular complexity index is 603. The van der Waals surface area contributed by atoms with Crippen molar-refractivity contribution >= 4 is 22.9 Å². The number of hydrogen-bond acceptors (Lipinski definition) is 3. The van der Waals surface area contributed by atoms with E-state index in [1.165, 1.54) is 49.5 Å². The molecule has 1 aliphatic rings. The average molecular weight is 339 g/mol. The molecule has 0 amide bonds. The van der Waals surface area contributed by atoms with Crippen molar-refractivity contribution in [2.75, 3.05) is 6.54 Å². The molecule has 2 aromatic rings. The van der Waals surface area contributed by atoms with E-state index >= 15 is 0 Å². The van der Waals surface area contributed by atoms with Gasteiger partial charge in [-0.15, -0.1) is 11.3 Å². The Balaban J connectivity index is 1.59. The fourth-order valence-electron chi connectivity index (χ4n) is 3.02. The maximum atomic E-state index is 13.9. The molecule has 1 aliphatic carbocycles. The van der Waals surface area contributed by atoms with E-state index in [1.54, 1.807) is 18.3 Å². The van der Waals surface area contributed by atoms with Crippen LogP contribution in [0.15, 0.2) is 24.4 Å². The third kappa shape index (κ3) is 3.86. The number of nitrogens with one attached hydrogen (secondary N) is 1. The van der Waals surface area contributed by atoms with Gasteiger partial charge in [-0.1, -0.05) is 36.9 Å². The summed E-state index contributed by atoms with van der Waals surface area (Å²) in [5.74, 6) is 0.507. The number of nitrogens with zero attached hydrogens (tertiary/aromatic N) is 1. The Kier molecular flexibility index (Phi) is 5.45. The third-order valence-corrected chi connectivity index (χ3v) is 5.53. The number of rotatable bonds is 5. The van der Waals surface area contributed by atoms with E-state index in [1.807, 2.05) is 0 Å². The van der Waals surface area contributed by atoms with E-state index in [4.69, 9.17) is 11.6 Å². The zero-order valence-electron chi connectivity index (χ0n) is 12.4. The molecule has 5 heteroatoms. The Morgan fingerprint density at radius 1 is 1.27 bits per heavy atom. The van der Waals surface area contributed by atoms with E-state index < -0.39 is 0 Å². The van der Waals surface area contributed by atoms with Crippen molar-refractivity contribution in [1.82, 2.24) is 10.3 Å². The van der Waals surface area contributed by atoms with E-state index in [-0.39, 0.29) is 5.82 Å². The highest BCUT2D eigenvalue weighted by molar-refractivity contribution is 7.15. The Hall–Kier alpha value is -0.970. The normalized spacial score (nSPS) is 16.1. The minimum Gasteiger partial charge on any atom is -0.310 e. The van der Waals surface area contributed by atoms with Crippen LogP contribution in [0, 0.1) is 11.7 Å². The quantitative estimate of drug-likeness (QED) is 0.803. The molecule has 3 rings (SSSR count). The van der Waals surface area contributed by atoms with Crippen molar-refractivity contribution in [2.45, 2.75) is 38.6 Å². The summed E-state index contributed by atoms with van der Waals surface area (Å²) in [7, 11) is 0. The number of thiazole rings is 1. The summed E-state index contributed by atoms with van der Waals surface area (Å²) < 4.78 is 13.9. The highest BCUT2D eigenvalue weighted by Gasteiger charge is 2.15. The minimum absolute atomic E-state index is 0.294. The van der Waals surface area contributed by atoms with Gasteiger partial charge in [-0.05, 0) is 37.4 Å². The first-order valence-corrected chi connectivity index (χ1v) is 9.03. The van der Waals surface area contributed by atoms with Crippen LogP contribution in [0.1, 0.15) is 37.1 Å². The lowest BCUT2D eigenvalue weighted by Gasteiger charge is -2.21. The number of benzene rings is 1. The second-order valence-electron chi connectivity index (χ2n) is 5.85. The Morgan fingerprint density at radius 3 is 2.86 bits per heavy atom. The molecule has 118 valence electrons. The SMILES string of the molecule is Fc1cccc(Cl)c1-c1cnc(CNCC2CCCCC2)s1. The van der Waals surface area contributed by atoms with E-state index in [9.17, 15) is 4.39 Å². The van der Waals surface area contributed by atoms with Crippen LogP contribution in [0.2, 0.25) is 5.02 Å². The zero-order valence-corrected chi connectivity index (χ0v) is 14.0. The summed E-state index contributed by atoms with van der Waals surface area (Å²) in [4.78, 5) is 5.18. The molecule has 0 unspecified atom stereocenters. The molecular formula is C17H20ClFN2S. The maximum absolute atomic E-state index is 13.9. The van der Waals surface area contributed by atoms with Crippen LogP contribution in [0.5, 0.6) is 0 Å². The molecule has 1 aromatic carbocycles. The summed E-state index contributed by atoms with van der Waals surface area (Å²) in [6.45, 7) is 1.79. The fraction of sp³-hybridized carbons (Fsp3) is 0.471. The summed E-state index contributed by atoms with van der Waals surface area (Å²) >= 11 is 7.61. The molecule has 1 saturated carbocycles. The molecule has 1 heterocycles. The van der Waals surface area contributed by atoms with Gasteiger partial charge < -0.3 is 5.32 Å². The Labute approximate surface area is 139 Å². The van der Waals surface area contributed by atoms with E-state index in [0.717, 1.165) is 28.9 Å². The van der Waals surface area contributed by atoms with Crippen molar-refractivity contribution in [3.8, 4) is 10.4 Å². The molecule has 22 heavy (non-hydrogen) atoms. The molecule has 0 radical (unpaired) electrons. The molecule has 0 spiro atoms. The number of aromatic nitrogens is 1. The Morgan fingerprint density at radius 2 is 2.09 bits per heavy atom. The van der Waals surface area contributed by atoms with Gasteiger partial charge >= 0.3 is 0 Å². The van der Waals surface area contributed by atoms with Crippen LogP contribution >= 0.6 is 22.9 Å². The van der Waals surface area contributed by atoms with Gasteiger partial charge in [0, 0.05) is 18.3 Å². The molecule has 0 bridgehead atoms. The second-order valence-corrected chi connectivity index (χ2v) is 7.37. The summed E-state index contributed by atoms with van der Waals surface area (Å²) in [5, 5.41) is 4.90. The molecular weight excluding hydrogens is 319 g/mol. The number of halogens is 2. The van der Waals surface area contributed by atoms with Gasteiger partial charge in [0.1, 0.15) is 10.8 Å². The minimum atomic E-state index is -0.294. The average Bonchev–Trinajstić information content (AvgIpc) is 2.97. The van der Waals surface area contributed by atoms with Crippen LogP contribution in [0.25, 0.3) is 10.4 Å². The van der Waals surface area contributed by atoms with Gasteiger partial charge in [0.2, 0.25) is 0 Å². The van der Waals surface area contributed by atoms with Crippen molar-refractivity contribution in [3.63, 3.8) is 0 Å². The molecule has 0 atom stereocenters. The third-order valence-electron chi connectivity index (χ3n) is 4.20. The predicted octanol–water partition coefficient (Wildman–Crippen LogP) is 5.27. The molecule has 0 saturated heterocycles. The van der Waals surface area contributed by atoms with Gasteiger partial charge in [-0.2, -0.15) is 0 Å². The fourth-order valence-corrected chi connectivity index (χ4v) is 4.28. The van der Waals surface area contributed by atoms with Crippen LogP contribution in [0.4, 0.5) is 4.39 Å². The number of hydrogen-bond donors (Lipinski definition) is 1. The highest BCUT2D eigenvalue weighted by Crippen LogP contribution is 2.34. The van der Waals surface area contributed by atoms with Gasteiger partial charge in [0.25, 0.3) is 0 Å². The lowest BCUT2D eigenvalue weighted by Crippen LogP contribution is -2.24. The smallest absolute Gasteiger partial charge is 0.133 e. The van der Waals surface area contributed by atoms with Gasteiger partial charge in [-0.3, -0.25) is 0 Å². The van der Waals surface area contributed by atoms with Gasteiger partial charge in [0.05, 0.1) is 9.90 Å². The molecule has 1 fully saturated rings. The zero-order chi connectivity index (χ0) is 15.4. The van der Waals surface area contributed by atoms with Crippen LogP contribution in [-0.2, 0) is 6.54 Å². The highest BCUT2D eigenvalue weighted by atomic mass is 35.5. The topological polar surface area (TPSA) is 24.9 Å². The van der Waals surface area contributed by atoms with Crippen molar-refractivity contribution in [1.29, 1.82) is 0 Å². The first-order chi connectivity index (χ1) is 10.7. The van der Waals surface area contributed by atoms with Gasteiger partial charge in [-0.25, -0.2) is 9.37 Å². The second kappa shape index (κ2) is 7.53. The van der Waals surface area contributed by atoms with Crippen molar-refractivity contribution < 1.29 is 4.39 Å². The van der Waals surface area contributed by atoms with E-state index in [2.05, 4.69) is 10.3 Å². The lowest BCUT2D eigenvalue weighted by molar-refractivity contribution is 0.342. The molecule has 1 aromatic heterocycles. The first-order valence-electron chi connectivity index (χ1n) is 7.84. The van der Waals surface area contributed by atoms with Crippen LogP contribution in [0.3, 0.4) is 0 Å². The van der Waals surface area contributed by atoms with Crippen molar-refractivity contribution in [2.24, 2.45) is 5.92 Å². The predicted molar refractivity (Wildman–Crippen MR) is 90.8 cm³/mol. The lowest BCUT2D eigenvalue weighted by atomic mass is 9.89. The standard InChI is InChI=1S/C17H20ClFN2S/c18-13-7-4-8-14(19)17(13)15-10-21-16(22-15)11-20-9-12-5-2-1-3-6-12/h4,7-8,10,12,20H,1-3,5-6,9,11H2. The largest absolute Gasteiger partial charge is 0.310 e. The monoisotopic (exact) mass is 338 g/mol. The van der Waals surface area contributed by atoms with E-state index in [0.29, 0.717) is 10.6 Å². The van der Waals surface area contributed by atoms with Crippen LogP contribution in [-0.4, -0.2) is 11.5 Å². The molecule has 1 N–H and O–H groups in total.